The molecule has 2 bridgehead atoms. The quantitative estimate of drug-likeness (QED) is 0.675. The summed E-state index contributed by atoms with van der Waals surface area (Å²) in [5.41, 5.74) is 0.0241. The minimum Gasteiger partial charge on any atom is -0.297 e. The first-order valence-electron chi connectivity index (χ1n) is 5.10. The van der Waals surface area contributed by atoms with Crippen LogP contribution in [0, 0.1) is 16.7 Å². The smallest absolute Gasteiger partial charge is 0.157 e. The summed E-state index contributed by atoms with van der Waals surface area (Å²) in [6.45, 7) is 6.63. The van der Waals surface area contributed by atoms with Crippen molar-refractivity contribution in [1.29, 1.82) is 0 Å². The van der Waals surface area contributed by atoms with Crippen LogP contribution in [0.4, 0.5) is 0 Å². The van der Waals surface area contributed by atoms with Gasteiger partial charge in [-0.25, -0.2) is 0 Å². The van der Waals surface area contributed by atoms with Crippen LogP contribution in [0.5, 0.6) is 0 Å². The zero-order valence-corrected chi connectivity index (χ0v) is 12.0. The molecule has 0 radical (unpaired) electrons. The zero-order valence-electron chi connectivity index (χ0n) is 8.86. The lowest BCUT2D eigenvalue weighted by atomic mass is 9.70. The van der Waals surface area contributed by atoms with Gasteiger partial charge in [-0.15, -0.1) is 0 Å². The van der Waals surface area contributed by atoms with Gasteiger partial charge in [0, 0.05) is 10.7 Å². The Morgan fingerprint density at radius 1 is 1.43 bits per heavy atom. The van der Waals surface area contributed by atoms with Crippen LogP contribution in [-0.4, -0.2) is 15.4 Å². The number of carbonyl (C=O) groups excluding carboxylic acids is 1. The van der Waals surface area contributed by atoms with Gasteiger partial charge in [-0.05, 0) is 24.2 Å². The maximum atomic E-state index is 12.4. The highest BCUT2D eigenvalue weighted by Gasteiger charge is 2.71. The van der Waals surface area contributed by atoms with Gasteiger partial charge in [0.1, 0.15) is 0 Å². The van der Waals surface area contributed by atoms with Crippen molar-refractivity contribution in [1.82, 2.24) is 0 Å². The number of carbonyl (C=O) groups is 1. The SMILES string of the molecule is CC1(C)[C@H]2CC[C@]1(C)C(=O)[C@@]2(Br)CBr. The van der Waals surface area contributed by atoms with E-state index in [1.54, 1.807) is 0 Å². The second kappa shape index (κ2) is 2.85. The van der Waals surface area contributed by atoms with E-state index in [4.69, 9.17) is 0 Å². The van der Waals surface area contributed by atoms with Gasteiger partial charge in [0.25, 0.3) is 0 Å². The molecule has 0 aromatic carbocycles. The fourth-order valence-corrected chi connectivity index (χ4v) is 5.36. The monoisotopic (exact) mass is 322 g/mol. The number of Topliss-reactive ketones (excluding diaryl/α,β-unsaturated/α-hetero) is 1. The van der Waals surface area contributed by atoms with E-state index in [1.165, 1.54) is 6.42 Å². The molecule has 80 valence electrons. The van der Waals surface area contributed by atoms with Crippen molar-refractivity contribution in [2.45, 2.75) is 37.9 Å². The maximum Gasteiger partial charge on any atom is 0.157 e. The van der Waals surface area contributed by atoms with Crippen molar-refractivity contribution in [2.24, 2.45) is 16.7 Å². The predicted octanol–water partition coefficient (Wildman–Crippen LogP) is 3.54. The normalized spacial score (nSPS) is 50.1. The summed E-state index contributed by atoms with van der Waals surface area (Å²) in [6.07, 6.45) is 2.23. The zero-order chi connectivity index (χ0) is 10.8. The summed E-state index contributed by atoms with van der Waals surface area (Å²) in [7, 11) is 0. The van der Waals surface area contributed by atoms with Crippen molar-refractivity contribution in [3.05, 3.63) is 0 Å². The third-order valence-corrected chi connectivity index (χ3v) is 7.68. The minimum atomic E-state index is -0.302. The fourth-order valence-electron chi connectivity index (χ4n) is 3.48. The van der Waals surface area contributed by atoms with Crippen LogP contribution in [0.1, 0.15) is 33.6 Å². The van der Waals surface area contributed by atoms with Crippen molar-refractivity contribution >= 4 is 37.6 Å². The second-order valence-corrected chi connectivity index (χ2v) is 7.45. The average molecular weight is 324 g/mol. The van der Waals surface area contributed by atoms with Crippen molar-refractivity contribution in [2.75, 3.05) is 5.33 Å². The lowest BCUT2D eigenvalue weighted by molar-refractivity contribution is -0.129. The van der Waals surface area contributed by atoms with Crippen LogP contribution in [0.15, 0.2) is 0 Å². The summed E-state index contributed by atoms with van der Waals surface area (Å²) in [5, 5.41) is 0.739. The summed E-state index contributed by atoms with van der Waals surface area (Å²) in [6, 6.07) is 0. The van der Waals surface area contributed by atoms with Gasteiger partial charge in [-0.2, -0.15) is 0 Å². The Morgan fingerprint density at radius 2 is 2.00 bits per heavy atom. The molecule has 0 aromatic rings. The number of fused-ring (bicyclic) bond motifs is 2. The molecule has 2 rings (SSSR count). The average Bonchev–Trinajstić information content (AvgIpc) is 2.41. The number of hydrogen-bond donors (Lipinski definition) is 0. The molecule has 0 heterocycles. The molecule has 0 aromatic heterocycles. The second-order valence-electron chi connectivity index (χ2n) is 5.47. The third kappa shape index (κ3) is 0.940. The first-order valence-corrected chi connectivity index (χ1v) is 7.02. The Balaban J connectivity index is 2.55. The summed E-state index contributed by atoms with van der Waals surface area (Å²) in [4.78, 5) is 12.4. The maximum absolute atomic E-state index is 12.4. The molecule has 0 unspecified atom stereocenters. The van der Waals surface area contributed by atoms with Crippen LogP contribution >= 0.6 is 31.9 Å². The lowest BCUT2D eigenvalue weighted by Crippen LogP contribution is -2.42. The lowest BCUT2D eigenvalue weighted by Gasteiger charge is -2.32. The van der Waals surface area contributed by atoms with Gasteiger partial charge >= 0.3 is 0 Å². The number of alkyl halides is 2. The van der Waals surface area contributed by atoms with Gasteiger partial charge in [0.15, 0.2) is 5.78 Å². The molecule has 0 N–H and O–H groups in total. The molecular weight excluding hydrogens is 308 g/mol. The van der Waals surface area contributed by atoms with E-state index in [2.05, 4.69) is 52.6 Å². The Kier molecular flexibility index (Phi) is 2.26. The molecule has 2 fully saturated rings. The Hall–Kier alpha value is 0.630. The molecule has 2 aliphatic rings. The Bertz CT molecular complexity index is 300. The van der Waals surface area contributed by atoms with E-state index in [9.17, 15) is 4.79 Å². The summed E-state index contributed by atoms with van der Waals surface area (Å²) < 4.78 is -0.302. The van der Waals surface area contributed by atoms with Gasteiger partial charge in [-0.3, -0.25) is 4.79 Å². The highest BCUT2D eigenvalue weighted by atomic mass is 79.9. The van der Waals surface area contributed by atoms with Crippen LogP contribution in [0.25, 0.3) is 0 Å². The van der Waals surface area contributed by atoms with E-state index in [-0.39, 0.29) is 15.2 Å². The molecule has 3 heteroatoms. The highest BCUT2D eigenvalue weighted by Crippen LogP contribution is 2.69. The fraction of sp³-hybridized carbons (Fsp3) is 0.909. The Labute approximate surface area is 102 Å². The summed E-state index contributed by atoms with van der Waals surface area (Å²) in [5.74, 6) is 0.884. The largest absolute Gasteiger partial charge is 0.297 e. The van der Waals surface area contributed by atoms with Gasteiger partial charge < -0.3 is 0 Å². The van der Waals surface area contributed by atoms with Gasteiger partial charge in [-0.1, -0.05) is 52.6 Å². The van der Waals surface area contributed by atoms with Crippen LogP contribution in [-0.2, 0) is 4.79 Å². The van der Waals surface area contributed by atoms with Crippen molar-refractivity contribution in [3.8, 4) is 0 Å². The number of ketones is 1. The summed E-state index contributed by atoms with van der Waals surface area (Å²) >= 11 is 7.16. The van der Waals surface area contributed by atoms with Gasteiger partial charge in [0.2, 0.25) is 0 Å². The van der Waals surface area contributed by atoms with E-state index in [1.807, 2.05) is 0 Å². The molecule has 1 nitrogen and oxygen atoms in total. The van der Waals surface area contributed by atoms with Crippen LogP contribution < -0.4 is 0 Å². The van der Waals surface area contributed by atoms with Crippen LogP contribution in [0.2, 0.25) is 0 Å². The topological polar surface area (TPSA) is 17.1 Å². The Morgan fingerprint density at radius 3 is 2.29 bits per heavy atom. The molecule has 0 aliphatic heterocycles. The number of hydrogen-bond acceptors (Lipinski definition) is 1. The van der Waals surface area contributed by atoms with Crippen molar-refractivity contribution in [3.63, 3.8) is 0 Å². The number of rotatable bonds is 1. The number of halogens is 2. The standard InChI is InChI=1S/C11H16Br2O/c1-9(2)7-4-5-10(9,3)8(14)11(7,13)6-12/h7H,4-6H2,1-3H3/t7-,10-,11-/m1/s1. The molecular formula is C11H16Br2O. The first kappa shape index (κ1) is 11.1. The molecule has 0 spiro atoms. The highest BCUT2D eigenvalue weighted by molar-refractivity contribution is 9.12. The molecule has 0 saturated heterocycles. The first-order chi connectivity index (χ1) is 6.30. The van der Waals surface area contributed by atoms with Gasteiger partial charge in [0.05, 0.1) is 4.32 Å². The molecule has 2 aliphatic carbocycles. The molecule has 0 amide bonds. The van der Waals surface area contributed by atoms with Crippen molar-refractivity contribution < 1.29 is 4.79 Å². The molecule has 2 saturated carbocycles. The molecule has 14 heavy (non-hydrogen) atoms. The van der Waals surface area contributed by atoms with E-state index >= 15 is 0 Å². The van der Waals surface area contributed by atoms with E-state index < -0.39 is 0 Å². The van der Waals surface area contributed by atoms with Crippen LogP contribution in [0.3, 0.4) is 0 Å². The third-order valence-electron chi connectivity index (χ3n) is 4.85. The van der Waals surface area contributed by atoms with E-state index in [0.29, 0.717) is 11.7 Å². The van der Waals surface area contributed by atoms with E-state index in [0.717, 1.165) is 11.8 Å². The minimum absolute atomic E-state index is 0.116. The predicted molar refractivity (Wildman–Crippen MR) is 65.1 cm³/mol. The molecule has 3 atom stereocenters.